The summed E-state index contributed by atoms with van der Waals surface area (Å²) in [7, 11) is -1.92. The Kier molecular flexibility index (Phi) is 6.17. The zero-order chi connectivity index (χ0) is 21.0. The van der Waals surface area contributed by atoms with E-state index < -0.39 is 16.0 Å². The highest BCUT2D eigenvalue weighted by atomic mass is 32.2. The second kappa shape index (κ2) is 8.60. The topological polar surface area (TPSA) is 99.2 Å². The van der Waals surface area contributed by atoms with Crippen LogP contribution < -0.4 is 19.3 Å². The van der Waals surface area contributed by atoms with Crippen molar-refractivity contribution in [2.24, 2.45) is 0 Å². The number of carbonyl (C=O) groups is 1. The molecule has 1 saturated heterocycles. The molecule has 29 heavy (non-hydrogen) atoms. The quantitative estimate of drug-likeness (QED) is 0.711. The molecular weight excluding hydrogens is 394 g/mol. The van der Waals surface area contributed by atoms with Gasteiger partial charge in [0, 0.05) is 37.6 Å². The fraction of sp³-hybridized carbons (Fsp3) is 0.350. The number of rotatable bonds is 7. The summed E-state index contributed by atoms with van der Waals surface area (Å²) in [6.45, 7) is 4.54. The molecule has 9 heteroatoms. The second-order valence-electron chi connectivity index (χ2n) is 6.71. The Bertz CT molecular complexity index is 968. The summed E-state index contributed by atoms with van der Waals surface area (Å²) in [6, 6.07) is 12.7. The number of nitrogens with one attached hydrogen (secondary N) is 1. The van der Waals surface area contributed by atoms with E-state index in [0.29, 0.717) is 0 Å². The Hall–Kier alpha value is -2.94. The van der Waals surface area contributed by atoms with Crippen molar-refractivity contribution in [2.75, 3.05) is 53.6 Å². The molecule has 2 aromatic rings. The van der Waals surface area contributed by atoms with Crippen LogP contribution in [0.2, 0.25) is 0 Å². The summed E-state index contributed by atoms with van der Waals surface area (Å²) < 4.78 is 31.2. The minimum atomic E-state index is -3.55. The lowest BCUT2D eigenvalue weighted by molar-refractivity contribution is 0.0698. The molecule has 0 radical (unpaired) electrons. The lowest BCUT2D eigenvalue weighted by atomic mass is 10.1. The molecule has 1 aliphatic rings. The standard InChI is InChI=1S/C20H25N3O5S/c1-3-29(26,27)21-19-9-6-16(14-18(19)20(24)25)23-12-10-22(11-13-23)15-4-7-17(28-2)8-5-15/h4-9,14,21H,3,10-13H2,1-2H3,(H,24,25). The van der Waals surface area contributed by atoms with Crippen LogP contribution in [-0.4, -0.2) is 58.5 Å². The molecule has 2 aromatic carbocycles. The number of benzene rings is 2. The molecule has 0 bridgehead atoms. The Morgan fingerprint density at radius 2 is 1.59 bits per heavy atom. The highest BCUT2D eigenvalue weighted by Crippen LogP contribution is 2.27. The van der Waals surface area contributed by atoms with E-state index in [0.717, 1.165) is 43.3 Å². The maximum Gasteiger partial charge on any atom is 0.337 e. The third-order valence-corrected chi connectivity index (χ3v) is 6.25. The summed E-state index contributed by atoms with van der Waals surface area (Å²) in [6.07, 6.45) is 0. The van der Waals surface area contributed by atoms with Crippen molar-refractivity contribution in [3.63, 3.8) is 0 Å². The first-order chi connectivity index (χ1) is 13.8. The molecule has 8 nitrogen and oxygen atoms in total. The average molecular weight is 420 g/mol. The van der Waals surface area contributed by atoms with Crippen molar-refractivity contribution < 1.29 is 23.1 Å². The molecule has 1 heterocycles. The fourth-order valence-electron chi connectivity index (χ4n) is 3.25. The maximum atomic E-state index is 11.8. The predicted octanol–water partition coefficient (Wildman–Crippen LogP) is 2.48. The average Bonchev–Trinajstić information content (AvgIpc) is 2.74. The molecule has 1 aliphatic heterocycles. The molecule has 0 amide bonds. The van der Waals surface area contributed by atoms with E-state index in [-0.39, 0.29) is 17.0 Å². The van der Waals surface area contributed by atoms with E-state index in [4.69, 9.17) is 4.74 Å². The van der Waals surface area contributed by atoms with E-state index >= 15 is 0 Å². The summed E-state index contributed by atoms with van der Waals surface area (Å²) in [5, 5.41) is 9.52. The number of ether oxygens (including phenoxy) is 1. The third kappa shape index (κ3) is 4.92. The lowest BCUT2D eigenvalue weighted by Gasteiger charge is -2.37. The molecule has 3 rings (SSSR count). The van der Waals surface area contributed by atoms with Gasteiger partial charge < -0.3 is 19.6 Å². The van der Waals surface area contributed by atoms with Crippen LogP contribution in [0.1, 0.15) is 17.3 Å². The number of sulfonamides is 1. The van der Waals surface area contributed by atoms with Gasteiger partial charge >= 0.3 is 5.97 Å². The Labute approximate surface area is 170 Å². The number of aromatic carboxylic acids is 1. The van der Waals surface area contributed by atoms with Crippen LogP contribution in [0.15, 0.2) is 42.5 Å². The van der Waals surface area contributed by atoms with Gasteiger partial charge in [0.05, 0.1) is 24.1 Å². The van der Waals surface area contributed by atoms with E-state index in [9.17, 15) is 18.3 Å². The SMILES string of the molecule is CCS(=O)(=O)Nc1ccc(N2CCN(c3ccc(OC)cc3)CC2)cc1C(=O)O. The van der Waals surface area contributed by atoms with Gasteiger partial charge in [-0.1, -0.05) is 0 Å². The zero-order valence-corrected chi connectivity index (χ0v) is 17.3. The van der Waals surface area contributed by atoms with Crippen molar-refractivity contribution in [3.05, 3.63) is 48.0 Å². The first-order valence-corrected chi connectivity index (χ1v) is 11.0. The van der Waals surface area contributed by atoms with Crippen molar-refractivity contribution in [3.8, 4) is 5.75 Å². The van der Waals surface area contributed by atoms with Gasteiger partial charge in [0.15, 0.2) is 0 Å². The van der Waals surface area contributed by atoms with E-state index in [1.807, 2.05) is 24.3 Å². The number of anilines is 3. The summed E-state index contributed by atoms with van der Waals surface area (Å²) in [5.41, 5.74) is 1.90. The molecule has 0 aliphatic carbocycles. The van der Waals surface area contributed by atoms with Gasteiger partial charge in [-0.25, -0.2) is 13.2 Å². The van der Waals surface area contributed by atoms with Crippen LogP contribution in [0.3, 0.4) is 0 Å². The smallest absolute Gasteiger partial charge is 0.337 e. The molecule has 2 N–H and O–H groups in total. The maximum absolute atomic E-state index is 11.8. The molecule has 156 valence electrons. The van der Waals surface area contributed by atoms with E-state index in [1.54, 1.807) is 13.2 Å². The van der Waals surface area contributed by atoms with Crippen LogP contribution in [0.4, 0.5) is 17.1 Å². The molecule has 0 saturated carbocycles. The van der Waals surface area contributed by atoms with Gasteiger partial charge in [0.1, 0.15) is 5.75 Å². The van der Waals surface area contributed by atoms with Crippen LogP contribution >= 0.6 is 0 Å². The Morgan fingerprint density at radius 3 is 2.10 bits per heavy atom. The number of hydrogen-bond donors (Lipinski definition) is 2. The third-order valence-electron chi connectivity index (χ3n) is 4.96. The molecule has 1 fully saturated rings. The Balaban J connectivity index is 1.73. The van der Waals surface area contributed by atoms with Gasteiger partial charge in [0.25, 0.3) is 0 Å². The molecule has 0 unspecified atom stereocenters. The summed E-state index contributed by atoms with van der Waals surface area (Å²) in [4.78, 5) is 16.0. The number of methoxy groups -OCH3 is 1. The number of carboxylic acids is 1. The summed E-state index contributed by atoms with van der Waals surface area (Å²) >= 11 is 0. The van der Waals surface area contributed by atoms with Gasteiger partial charge in [-0.15, -0.1) is 0 Å². The molecular formula is C20H25N3O5S. The van der Waals surface area contributed by atoms with Crippen LogP contribution in [0.5, 0.6) is 5.75 Å². The predicted molar refractivity (Wildman–Crippen MR) is 114 cm³/mol. The number of carboxylic acid groups (broad SMARTS) is 1. The van der Waals surface area contributed by atoms with E-state index in [1.165, 1.54) is 19.1 Å². The highest BCUT2D eigenvalue weighted by molar-refractivity contribution is 7.92. The van der Waals surface area contributed by atoms with Crippen LogP contribution in [0, 0.1) is 0 Å². The monoisotopic (exact) mass is 419 g/mol. The molecule has 0 spiro atoms. The molecule has 0 aromatic heterocycles. The van der Waals surface area contributed by atoms with Crippen molar-refractivity contribution in [2.45, 2.75) is 6.92 Å². The normalized spacial score (nSPS) is 14.6. The van der Waals surface area contributed by atoms with Crippen molar-refractivity contribution in [1.29, 1.82) is 0 Å². The first-order valence-electron chi connectivity index (χ1n) is 9.34. The minimum Gasteiger partial charge on any atom is -0.497 e. The largest absolute Gasteiger partial charge is 0.497 e. The van der Waals surface area contributed by atoms with Gasteiger partial charge in [-0.05, 0) is 49.4 Å². The number of nitrogens with zero attached hydrogens (tertiary/aromatic N) is 2. The second-order valence-corrected chi connectivity index (χ2v) is 8.72. The highest BCUT2D eigenvalue weighted by Gasteiger charge is 2.21. The van der Waals surface area contributed by atoms with Gasteiger partial charge in [-0.2, -0.15) is 0 Å². The zero-order valence-electron chi connectivity index (χ0n) is 16.5. The van der Waals surface area contributed by atoms with Crippen molar-refractivity contribution in [1.82, 2.24) is 0 Å². The minimum absolute atomic E-state index is 0.0582. The number of hydrogen-bond acceptors (Lipinski definition) is 6. The summed E-state index contributed by atoms with van der Waals surface area (Å²) in [5.74, 6) is -0.480. The van der Waals surface area contributed by atoms with E-state index in [2.05, 4.69) is 14.5 Å². The van der Waals surface area contributed by atoms with Gasteiger partial charge in [0.2, 0.25) is 10.0 Å². The van der Waals surface area contributed by atoms with Crippen molar-refractivity contribution >= 4 is 33.1 Å². The molecule has 0 atom stereocenters. The first kappa shape index (κ1) is 20.8. The fourth-order valence-corrected chi connectivity index (χ4v) is 3.91. The van der Waals surface area contributed by atoms with Gasteiger partial charge in [-0.3, -0.25) is 4.72 Å². The lowest BCUT2D eigenvalue weighted by Crippen LogP contribution is -2.46. The van der Waals surface area contributed by atoms with Crippen LogP contribution in [-0.2, 0) is 10.0 Å². The Morgan fingerprint density at radius 1 is 1.03 bits per heavy atom. The number of piperazine rings is 1. The van der Waals surface area contributed by atoms with Crippen LogP contribution in [0.25, 0.3) is 0 Å².